The molecule has 0 amide bonds. The number of hydrogen-bond acceptors (Lipinski definition) is 5. The lowest BCUT2D eigenvalue weighted by Crippen LogP contribution is -2.33. The van der Waals surface area contributed by atoms with Gasteiger partial charge in [0, 0.05) is 22.6 Å². The molecule has 2 unspecified atom stereocenters. The van der Waals surface area contributed by atoms with Crippen molar-refractivity contribution in [1.82, 2.24) is 5.01 Å². The summed E-state index contributed by atoms with van der Waals surface area (Å²) in [7, 11) is 0. The van der Waals surface area contributed by atoms with Crippen LogP contribution in [0.3, 0.4) is 0 Å². The molecule has 2 atom stereocenters. The molecule has 5 rings (SSSR count). The average molecular weight is 463 g/mol. The van der Waals surface area contributed by atoms with Crippen molar-refractivity contribution >= 4 is 17.3 Å². The molecular weight excluding hydrogens is 436 g/mol. The Kier molecular flexibility index (Phi) is 5.90. The van der Waals surface area contributed by atoms with E-state index in [0.717, 1.165) is 46.1 Å². The molecule has 170 valence electrons. The van der Waals surface area contributed by atoms with Crippen LogP contribution >= 0.6 is 11.6 Å². The molecule has 6 heteroatoms. The fourth-order valence-corrected chi connectivity index (χ4v) is 4.53. The summed E-state index contributed by atoms with van der Waals surface area (Å²) in [6, 6.07) is 22.0. The van der Waals surface area contributed by atoms with Gasteiger partial charge in [0.25, 0.3) is 0 Å². The highest BCUT2D eigenvalue weighted by atomic mass is 35.5. The van der Waals surface area contributed by atoms with Crippen LogP contribution in [-0.2, 0) is 0 Å². The van der Waals surface area contributed by atoms with Crippen molar-refractivity contribution in [2.75, 3.05) is 6.61 Å². The van der Waals surface area contributed by atoms with Crippen molar-refractivity contribution < 1.29 is 14.2 Å². The first-order chi connectivity index (χ1) is 16.0. The van der Waals surface area contributed by atoms with Gasteiger partial charge in [-0.3, -0.25) is 0 Å². The Labute approximate surface area is 199 Å². The fourth-order valence-electron chi connectivity index (χ4n) is 4.35. The van der Waals surface area contributed by atoms with Gasteiger partial charge in [-0.15, -0.1) is 0 Å². The van der Waals surface area contributed by atoms with Crippen LogP contribution in [0.5, 0.6) is 17.2 Å². The Morgan fingerprint density at radius 2 is 1.76 bits per heavy atom. The van der Waals surface area contributed by atoms with Gasteiger partial charge in [0.1, 0.15) is 17.2 Å². The number of rotatable bonds is 6. The molecule has 0 aromatic heterocycles. The van der Waals surface area contributed by atoms with Crippen molar-refractivity contribution in [2.45, 2.75) is 45.6 Å². The molecule has 0 aliphatic carbocycles. The van der Waals surface area contributed by atoms with Crippen molar-refractivity contribution in [3.8, 4) is 17.2 Å². The minimum atomic E-state index is -0.336. The van der Waals surface area contributed by atoms with Gasteiger partial charge in [-0.1, -0.05) is 11.6 Å². The van der Waals surface area contributed by atoms with E-state index >= 15 is 0 Å². The van der Waals surface area contributed by atoms with Crippen LogP contribution in [0, 0.1) is 0 Å². The maximum absolute atomic E-state index is 6.44. The molecule has 2 aliphatic rings. The van der Waals surface area contributed by atoms with E-state index in [0.29, 0.717) is 11.6 Å². The zero-order chi connectivity index (χ0) is 22.9. The van der Waals surface area contributed by atoms with E-state index in [2.05, 4.69) is 17.1 Å². The molecule has 2 heterocycles. The number of hydrazone groups is 1. The summed E-state index contributed by atoms with van der Waals surface area (Å²) in [6.45, 7) is 6.67. The van der Waals surface area contributed by atoms with Gasteiger partial charge in [0.15, 0.2) is 0 Å². The second-order valence-corrected chi connectivity index (χ2v) is 8.93. The van der Waals surface area contributed by atoms with E-state index in [9.17, 15) is 0 Å². The van der Waals surface area contributed by atoms with Crippen LogP contribution in [-0.4, -0.2) is 23.4 Å². The molecule has 5 nitrogen and oxygen atoms in total. The lowest BCUT2D eigenvalue weighted by Gasteiger charge is -2.38. The maximum Gasteiger partial charge on any atom is 0.213 e. The van der Waals surface area contributed by atoms with Crippen molar-refractivity contribution in [3.63, 3.8) is 0 Å². The van der Waals surface area contributed by atoms with Crippen LogP contribution in [0.1, 0.15) is 56.2 Å². The lowest BCUT2D eigenvalue weighted by molar-refractivity contribution is -0.0190. The van der Waals surface area contributed by atoms with Crippen LogP contribution in [0.25, 0.3) is 0 Å². The smallest absolute Gasteiger partial charge is 0.213 e. The predicted octanol–water partition coefficient (Wildman–Crippen LogP) is 6.77. The minimum absolute atomic E-state index is 0.0469. The van der Waals surface area contributed by atoms with Crippen molar-refractivity contribution in [2.24, 2.45) is 5.10 Å². The normalized spacial score (nSPS) is 18.9. The number of ether oxygens (including phenoxy) is 3. The number of fused-ring (bicyclic) bond motifs is 3. The molecule has 2 aliphatic heterocycles. The average Bonchev–Trinajstić information content (AvgIpc) is 3.25. The third-order valence-corrected chi connectivity index (χ3v) is 6.02. The van der Waals surface area contributed by atoms with E-state index in [4.69, 9.17) is 30.9 Å². The van der Waals surface area contributed by atoms with Gasteiger partial charge >= 0.3 is 0 Å². The van der Waals surface area contributed by atoms with Gasteiger partial charge in [0.05, 0.1) is 24.5 Å². The molecule has 0 spiro atoms. The second-order valence-electron chi connectivity index (χ2n) is 8.49. The zero-order valence-corrected chi connectivity index (χ0v) is 19.8. The zero-order valence-electron chi connectivity index (χ0n) is 19.0. The van der Waals surface area contributed by atoms with Crippen LogP contribution in [0.15, 0.2) is 71.8 Å². The molecule has 3 aromatic carbocycles. The van der Waals surface area contributed by atoms with E-state index in [1.54, 1.807) is 0 Å². The van der Waals surface area contributed by atoms with Crippen LogP contribution < -0.4 is 14.2 Å². The molecule has 0 fully saturated rings. The summed E-state index contributed by atoms with van der Waals surface area (Å²) >= 11 is 6.34. The Morgan fingerprint density at radius 3 is 2.45 bits per heavy atom. The standard InChI is InChI=1S/C27H27ClN2O3/c1-4-31-21-10-5-18(6-11-21)24-16-25-23-15-20(28)9-14-26(23)33-27(30(25)29-24)19-7-12-22(13-8-19)32-17(2)3/h5-15,17,25,27H,4,16H2,1-3H3. The molecule has 3 aromatic rings. The first-order valence-corrected chi connectivity index (χ1v) is 11.7. The number of benzene rings is 3. The summed E-state index contributed by atoms with van der Waals surface area (Å²) in [4.78, 5) is 0. The topological polar surface area (TPSA) is 43.3 Å². The molecule has 0 saturated carbocycles. The van der Waals surface area contributed by atoms with Crippen molar-refractivity contribution in [1.29, 1.82) is 0 Å². The predicted molar refractivity (Wildman–Crippen MR) is 130 cm³/mol. The van der Waals surface area contributed by atoms with E-state index in [1.807, 2.05) is 75.4 Å². The van der Waals surface area contributed by atoms with Gasteiger partial charge in [-0.2, -0.15) is 5.10 Å². The number of nitrogens with zero attached hydrogens (tertiary/aromatic N) is 2. The van der Waals surface area contributed by atoms with Crippen LogP contribution in [0.2, 0.25) is 5.02 Å². The Hall–Kier alpha value is -3.18. The van der Waals surface area contributed by atoms with E-state index in [-0.39, 0.29) is 18.4 Å². The highest BCUT2D eigenvalue weighted by Gasteiger charge is 2.41. The first-order valence-electron chi connectivity index (χ1n) is 11.3. The molecule has 0 N–H and O–H groups in total. The Morgan fingerprint density at radius 1 is 1.03 bits per heavy atom. The largest absolute Gasteiger partial charge is 0.494 e. The van der Waals surface area contributed by atoms with E-state index in [1.165, 1.54) is 0 Å². The third-order valence-electron chi connectivity index (χ3n) is 5.79. The summed E-state index contributed by atoms with van der Waals surface area (Å²) in [5.41, 5.74) is 4.18. The quantitative estimate of drug-likeness (QED) is 0.405. The van der Waals surface area contributed by atoms with E-state index < -0.39 is 0 Å². The lowest BCUT2D eigenvalue weighted by atomic mass is 9.96. The van der Waals surface area contributed by atoms with Crippen LogP contribution in [0.4, 0.5) is 0 Å². The molecule has 33 heavy (non-hydrogen) atoms. The summed E-state index contributed by atoms with van der Waals surface area (Å²) in [6.07, 6.45) is 0.565. The monoisotopic (exact) mass is 462 g/mol. The minimum Gasteiger partial charge on any atom is -0.494 e. The third kappa shape index (κ3) is 4.38. The van der Waals surface area contributed by atoms with Gasteiger partial charge in [-0.05, 0) is 93.1 Å². The van der Waals surface area contributed by atoms with Gasteiger partial charge < -0.3 is 14.2 Å². The second kappa shape index (κ2) is 8.99. The van der Waals surface area contributed by atoms with Crippen molar-refractivity contribution in [3.05, 3.63) is 88.4 Å². The summed E-state index contributed by atoms with van der Waals surface area (Å²) in [5.74, 6) is 2.55. The summed E-state index contributed by atoms with van der Waals surface area (Å²) in [5, 5.41) is 7.78. The first kappa shape index (κ1) is 21.7. The SMILES string of the molecule is CCOc1ccc(C2=NN3C(C2)c2cc(Cl)ccc2OC3c2ccc(OC(C)C)cc2)cc1. The number of halogens is 1. The number of hydrogen-bond donors (Lipinski definition) is 0. The molecular formula is C27H27ClN2O3. The molecule has 0 saturated heterocycles. The van der Waals surface area contributed by atoms with Gasteiger partial charge in [-0.25, -0.2) is 5.01 Å². The maximum atomic E-state index is 6.44. The fraction of sp³-hybridized carbons (Fsp3) is 0.296. The highest BCUT2D eigenvalue weighted by Crippen LogP contribution is 2.48. The summed E-state index contributed by atoms with van der Waals surface area (Å²) < 4.78 is 17.8. The Balaban J connectivity index is 1.49. The van der Waals surface area contributed by atoms with Gasteiger partial charge in [0.2, 0.25) is 6.23 Å². The molecule has 0 radical (unpaired) electrons. The Bertz CT molecular complexity index is 1160. The molecule has 0 bridgehead atoms. The highest BCUT2D eigenvalue weighted by molar-refractivity contribution is 6.30.